The van der Waals surface area contributed by atoms with Crippen LogP contribution in [0.15, 0.2) is 48.4 Å². The summed E-state index contributed by atoms with van der Waals surface area (Å²) in [5, 5.41) is 6.16. The van der Waals surface area contributed by atoms with Crippen molar-refractivity contribution in [1.82, 2.24) is 0 Å². The van der Waals surface area contributed by atoms with Gasteiger partial charge in [0, 0.05) is 10.6 Å². The van der Waals surface area contributed by atoms with E-state index in [0.29, 0.717) is 10.8 Å². The van der Waals surface area contributed by atoms with Gasteiger partial charge in [0.05, 0.1) is 18.2 Å². The molecule has 100 valence electrons. The highest BCUT2D eigenvalue weighted by atomic mass is 35.5. The van der Waals surface area contributed by atoms with Gasteiger partial charge in [0.15, 0.2) is 0 Å². The largest absolute Gasteiger partial charge is 0.495 e. The number of ether oxygens (including phenoxy) is 1. The predicted molar refractivity (Wildman–Crippen MR) is 83.5 cm³/mol. The normalized spacial score (nSPS) is 11.9. The first kappa shape index (κ1) is 14.0. The van der Waals surface area contributed by atoms with Gasteiger partial charge in [-0.05, 0) is 36.1 Å². The summed E-state index contributed by atoms with van der Waals surface area (Å²) in [5.74, 6) is 0.684. The third-order valence-electron chi connectivity index (χ3n) is 2.78. The van der Waals surface area contributed by atoms with Crippen LogP contribution in [0.1, 0.15) is 17.3 Å². The maximum absolute atomic E-state index is 6.13. The number of thiophene rings is 1. The average molecular weight is 294 g/mol. The van der Waals surface area contributed by atoms with Crippen LogP contribution >= 0.6 is 22.9 Å². The molecule has 0 amide bonds. The van der Waals surface area contributed by atoms with Gasteiger partial charge in [0.25, 0.3) is 0 Å². The van der Waals surface area contributed by atoms with E-state index in [1.165, 1.54) is 4.88 Å². The number of hydrogen-bond acceptors (Lipinski definition) is 3. The monoisotopic (exact) mass is 293 g/mol. The van der Waals surface area contributed by atoms with Gasteiger partial charge in [0.2, 0.25) is 0 Å². The lowest BCUT2D eigenvalue weighted by Gasteiger charge is -2.17. The van der Waals surface area contributed by atoms with Gasteiger partial charge in [-0.3, -0.25) is 0 Å². The van der Waals surface area contributed by atoms with E-state index in [-0.39, 0.29) is 6.04 Å². The van der Waals surface area contributed by atoms with Crippen molar-refractivity contribution >= 4 is 28.6 Å². The number of halogens is 1. The van der Waals surface area contributed by atoms with Crippen LogP contribution in [0.2, 0.25) is 5.02 Å². The molecule has 0 radical (unpaired) electrons. The van der Waals surface area contributed by atoms with E-state index in [0.717, 1.165) is 12.1 Å². The summed E-state index contributed by atoms with van der Waals surface area (Å²) in [6.45, 7) is 3.82. The van der Waals surface area contributed by atoms with Crippen LogP contribution in [0.3, 0.4) is 0 Å². The van der Waals surface area contributed by atoms with E-state index < -0.39 is 0 Å². The maximum Gasteiger partial charge on any atom is 0.137 e. The van der Waals surface area contributed by atoms with E-state index in [1.807, 2.05) is 24.3 Å². The second kappa shape index (κ2) is 6.64. The Kier molecular flexibility index (Phi) is 4.88. The predicted octanol–water partition coefficient (Wildman–Crippen LogP) is 5.14. The van der Waals surface area contributed by atoms with Crippen LogP contribution < -0.4 is 10.1 Å². The van der Waals surface area contributed by atoms with Crippen LogP contribution in [-0.2, 0) is 0 Å². The lowest BCUT2D eigenvalue weighted by atomic mass is 10.1. The number of benzene rings is 1. The van der Waals surface area contributed by atoms with Crippen molar-refractivity contribution < 1.29 is 4.74 Å². The highest BCUT2D eigenvalue weighted by Gasteiger charge is 2.11. The Bertz CT molecular complexity index is 539. The highest BCUT2D eigenvalue weighted by Crippen LogP contribution is 2.31. The van der Waals surface area contributed by atoms with Crippen molar-refractivity contribution in [2.24, 2.45) is 0 Å². The fourth-order valence-electron chi connectivity index (χ4n) is 1.86. The fraction of sp³-hybridized carbons (Fsp3) is 0.200. The molecule has 2 aromatic rings. The summed E-state index contributed by atoms with van der Waals surface area (Å²) in [6, 6.07) is 10.1. The minimum absolute atomic E-state index is 0.224. The molecule has 2 nitrogen and oxygen atoms in total. The Morgan fingerprint density at radius 3 is 2.89 bits per heavy atom. The summed E-state index contributed by atoms with van der Waals surface area (Å²) in [6.07, 6.45) is 2.78. The van der Waals surface area contributed by atoms with E-state index in [1.54, 1.807) is 18.4 Å². The molecule has 1 aromatic heterocycles. The molecule has 0 aliphatic carbocycles. The molecule has 0 fully saturated rings. The first-order chi connectivity index (χ1) is 9.24. The van der Waals surface area contributed by atoms with Crippen molar-refractivity contribution in [2.75, 3.05) is 12.4 Å². The summed E-state index contributed by atoms with van der Waals surface area (Å²) >= 11 is 7.87. The maximum atomic E-state index is 6.13. The summed E-state index contributed by atoms with van der Waals surface area (Å²) in [7, 11) is 1.61. The lowest BCUT2D eigenvalue weighted by Crippen LogP contribution is -2.08. The van der Waals surface area contributed by atoms with Crippen molar-refractivity contribution in [3.63, 3.8) is 0 Å². The van der Waals surface area contributed by atoms with Gasteiger partial charge in [-0.15, -0.1) is 17.9 Å². The standard InChI is InChI=1S/C15H16ClNOS/c1-3-5-13(15-6-4-9-19-15)17-11-7-8-14(18-2)12(16)10-11/h3-4,6-10,13,17H,1,5H2,2H3. The summed E-state index contributed by atoms with van der Waals surface area (Å²) in [4.78, 5) is 1.28. The molecule has 1 N–H and O–H groups in total. The highest BCUT2D eigenvalue weighted by molar-refractivity contribution is 7.10. The lowest BCUT2D eigenvalue weighted by molar-refractivity contribution is 0.415. The summed E-state index contributed by atoms with van der Waals surface area (Å²) in [5.41, 5.74) is 0.978. The molecule has 2 rings (SSSR count). The number of hydrogen-bond donors (Lipinski definition) is 1. The Morgan fingerprint density at radius 2 is 2.32 bits per heavy atom. The van der Waals surface area contributed by atoms with E-state index >= 15 is 0 Å². The molecule has 1 aromatic carbocycles. The van der Waals surface area contributed by atoms with Gasteiger partial charge in [-0.2, -0.15) is 0 Å². The van der Waals surface area contributed by atoms with Crippen molar-refractivity contribution in [2.45, 2.75) is 12.5 Å². The molecule has 1 unspecified atom stereocenters. The molecule has 1 heterocycles. The molecule has 0 aliphatic heterocycles. The Labute approximate surface area is 122 Å². The molecular formula is C15H16ClNOS. The SMILES string of the molecule is C=CCC(Nc1ccc(OC)c(Cl)c1)c1cccs1. The molecule has 0 bridgehead atoms. The van der Waals surface area contributed by atoms with Crippen LogP contribution in [0.25, 0.3) is 0 Å². The number of anilines is 1. The van der Waals surface area contributed by atoms with Crippen LogP contribution in [-0.4, -0.2) is 7.11 Å². The minimum atomic E-state index is 0.224. The van der Waals surface area contributed by atoms with Crippen molar-refractivity contribution in [1.29, 1.82) is 0 Å². The second-order valence-corrected chi connectivity index (χ2v) is 5.47. The minimum Gasteiger partial charge on any atom is -0.495 e. The number of rotatable bonds is 6. The van der Waals surface area contributed by atoms with Crippen molar-refractivity contribution in [3.05, 3.63) is 58.3 Å². The van der Waals surface area contributed by atoms with Crippen molar-refractivity contribution in [3.8, 4) is 5.75 Å². The van der Waals surface area contributed by atoms with Crippen LogP contribution in [0, 0.1) is 0 Å². The Morgan fingerprint density at radius 1 is 1.47 bits per heavy atom. The van der Waals surface area contributed by atoms with Gasteiger partial charge < -0.3 is 10.1 Å². The molecule has 0 aliphatic rings. The molecule has 4 heteroatoms. The van der Waals surface area contributed by atoms with Crippen LogP contribution in [0.5, 0.6) is 5.75 Å². The average Bonchev–Trinajstić information content (AvgIpc) is 2.92. The van der Waals surface area contributed by atoms with E-state index in [9.17, 15) is 0 Å². The van der Waals surface area contributed by atoms with E-state index in [2.05, 4.69) is 29.4 Å². The Balaban J connectivity index is 2.17. The Hall–Kier alpha value is -1.45. The molecular weight excluding hydrogens is 278 g/mol. The van der Waals surface area contributed by atoms with Crippen LogP contribution in [0.4, 0.5) is 5.69 Å². The zero-order chi connectivity index (χ0) is 13.7. The van der Waals surface area contributed by atoms with E-state index in [4.69, 9.17) is 16.3 Å². The third-order valence-corrected chi connectivity index (χ3v) is 4.06. The molecule has 1 atom stereocenters. The molecule has 0 saturated heterocycles. The number of methoxy groups -OCH3 is 1. The third kappa shape index (κ3) is 3.52. The molecule has 19 heavy (non-hydrogen) atoms. The van der Waals surface area contributed by atoms with Gasteiger partial charge in [-0.25, -0.2) is 0 Å². The zero-order valence-corrected chi connectivity index (χ0v) is 12.3. The summed E-state index contributed by atoms with van der Waals surface area (Å²) < 4.78 is 5.15. The second-order valence-electron chi connectivity index (χ2n) is 4.09. The topological polar surface area (TPSA) is 21.3 Å². The molecule has 0 saturated carbocycles. The van der Waals surface area contributed by atoms with Gasteiger partial charge in [0.1, 0.15) is 5.75 Å². The number of nitrogens with one attached hydrogen (secondary N) is 1. The first-order valence-corrected chi connectivity index (χ1v) is 7.24. The quantitative estimate of drug-likeness (QED) is 0.745. The fourth-order valence-corrected chi connectivity index (χ4v) is 2.91. The van der Waals surface area contributed by atoms with Gasteiger partial charge >= 0.3 is 0 Å². The smallest absolute Gasteiger partial charge is 0.137 e. The first-order valence-electron chi connectivity index (χ1n) is 5.99. The molecule has 0 spiro atoms. The van der Waals surface area contributed by atoms with Gasteiger partial charge in [-0.1, -0.05) is 23.7 Å². The zero-order valence-electron chi connectivity index (χ0n) is 10.7.